The molecule has 1 aliphatic heterocycles. The van der Waals surface area contributed by atoms with E-state index in [1.54, 1.807) is 0 Å². The first-order chi connectivity index (χ1) is 9.11. The molecule has 1 aromatic rings. The van der Waals surface area contributed by atoms with Crippen LogP contribution >= 0.6 is 28.6 Å². The van der Waals surface area contributed by atoms with E-state index in [0.717, 1.165) is 46.8 Å². The minimum absolute atomic E-state index is 0.123. The molecule has 1 fully saturated rings. The van der Waals surface area contributed by atoms with Crippen molar-refractivity contribution in [3.63, 3.8) is 0 Å². The van der Waals surface area contributed by atoms with Crippen molar-refractivity contribution in [3.05, 3.63) is 28.2 Å². The van der Waals surface area contributed by atoms with Crippen LogP contribution in [0.3, 0.4) is 0 Å². The van der Waals surface area contributed by atoms with E-state index >= 15 is 0 Å². The summed E-state index contributed by atoms with van der Waals surface area (Å²) in [6, 6.07) is 5.62. The van der Waals surface area contributed by atoms with Gasteiger partial charge in [-0.1, -0.05) is 19.8 Å². The lowest BCUT2D eigenvalue weighted by atomic mass is 9.92. The Bertz CT molecular complexity index is 455. The van der Waals surface area contributed by atoms with Gasteiger partial charge in [0, 0.05) is 22.5 Å². The van der Waals surface area contributed by atoms with E-state index in [4.69, 9.17) is 0 Å². The van der Waals surface area contributed by atoms with Crippen LogP contribution in [0.2, 0.25) is 0 Å². The summed E-state index contributed by atoms with van der Waals surface area (Å²) in [7, 11) is 0. The average molecular weight is 342 g/mol. The van der Waals surface area contributed by atoms with Crippen LogP contribution in [-0.2, 0) is 0 Å². The van der Waals surface area contributed by atoms with Gasteiger partial charge < -0.3 is 4.90 Å². The minimum atomic E-state index is 0.123. The van der Waals surface area contributed by atoms with Crippen LogP contribution in [0.5, 0.6) is 0 Å². The number of thiol groups is 1. The summed E-state index contributed by atoms with van der Waals surface area (Å²) in [5, 5.41) is 0. The number of amides is 1. The molecule has 2 nitrogen and oxygen atoms in total. The predicted octanol–water partition coefficient (Wildman–Crippen LogP) is 4.39. The smallest absolute Gasteiger partial charge is 0.255 e. The van der Waals surface area contributed by atoms with Crippen molar-refractivity contribution < 1.29 is 4.79 Å². The number of carbonyl (C=O) groups excluding carboxylic acids is 1. The summed E-state index contributed by atoms with van der Waals surface area (Å²) in [5.74, 6) is 0.923. The molecule has 1 heterocycles. The van der Waals surface area contributed by atoms with Crippen LogP contribution in [-0.4, -0.2) is 23.9 Å². The maximum absolute atomic E-state index is 12.5. The zero-order valence-corrected chi connectivity index (χ0v) is 13.7. The van der Waals surface area contributed by atoms with Gasteiger partial charge in [-0.2, -0.15) is 0 Å². The lowest BCUT2D eigenvalue weighted by Crippen LogP contribution is -2.38. The molecule has 0 N–H and O–H groups in total. The summed E-state index contributed by atoms with van der Waals surface area (Å²) >= 11 is 7.76. The molecular formula is C15H20BrNOS. The van der Waals surface area contributed by atoms with E-state index in [-0.39, 0.29) is 5.91 Å². The Morgan fingerprint density at radius 2 is 2.11 bits per heavy atom. The standard InChI is InChI=1S/C15H20BrNOS/c1-2-3-11-6-8-17(9-7-11)15(18)13-10-12(19)4-5-14(13)16/h4-5,10-11,19H,2-3,6-9H2,1H3. The second-order valence-corrected chi connectivity index (χ2v) is 6.56. The highest BCUT2D eigenvalue weighted by Gasteiger charge is 2.24. The molecule has 0 atom stereocenters. The van der Waals surface area contributed by atoms with Gasteiger partial charge in [0.25, 0.3) is 5.91 Å². The third-order valence-electron chi connectivity index (χ3n) is 3.78. The normalized spacial score (nSPS) is 16.7. The van der Waals surface area contributed by atoms with E-state index in [1.165, 1.54) is 12.8 Å². The molecule has 19 heavy (non-hydrogen) atoms. The highest BCUT2D eigenvalue weighted by Crippen LogP contribution is 2.26. The third-order valence-corrected chi connectivity index (χ3v) is 4.75. The van der Waals surface area contributed by atoms with Crippen molar-refractivity contribution in [2.45, 2.75) is 37.5 Å². The number of piperidine rings is 1. The number of hydrogen-bond donors (Lipinski definition) is 1. The lowest BCUT2D eigenvalue weighted by Gasteiger charge is -2.32. The second kappa shape index (κ2) is 6.80. The van der Waals surface area contributed by atoms with Gasteiger partial charge >= 0.3 is 0 Å². The van der Waals surface area contributed by atoms with Crippen LogP contribution in [0.25, 0.3) is 0 Å². The third kappa shape index (κ3) is 3.76. The Balaban J connectivity index is 2.03. The number of carbonyl (C=O) groups is 1. The van der Waals surface area contributed by atoms with Gasteiger partial charge in [-0.25, -0.2) is 0 Å². The molecule has 1 amide bonds. The predicted molar refractivity (Wildman–Crippen MR) is 84.9 cm³/mol. The fraction of sp³-hybridized carbons (Fsp3) is 0.533. The Morgan fingerprint density at radius 3 is 2.74 bits per heavy atom. The van der Waals surface area contributed by atoms with Crippen molar-refractivity contribution in [2.24, 2.45) is 5.92 Å². The van der Waals surface area contributed by atoms with E-state index in [9.17, 15) is 4.79 Å². The number of rotatable bonds is 3. The van der Waals surface area contributed by atoms with Crippen molar-refractivity contribution in [3.8, 4) is 0 Å². The Hall–Kier alpha value is -0.480. The fourth-order valence-electron chi connectivity index (χ4n) is 2.68. The van der Waals surface area contributed by atoms with Gasteiger partial charge in [0.15, 0.2) is 0 Å². The number of benzene rings is 1. The summed E-state index contributed by atoms with van der Waals surface area (Å²) in [4.78, 5) is 15.3. The number of hydrogen-bond acceptors (Lipinski definition) is 2. The largest absolute Gasteiger partial charge is 0.339 e. The molecule has 0 saturated carbocycles. The molecule has 2 rings (SSSR count). The van der Waals surface area contributed by atoms with Crippen LogP contribution in [0.4, 0.5) is 0 Å². The molecule has 1 aromatic carbocycles. The summed E-state index contributed by atoms with van der Waals surface area (Å²) < 4.78 is 0.853. The van der Waals surface area contributed by atoms with E-state index in [2.05, 4.69) is 35.5 Å². The molecule has 4 heteroatoms. The van der Waals surface area contributed by atoms with Crippen LogP contribution in [0.1, 0.15) is 43.0 Å². The SMILES string of the molecule is CCCC1CCN(C(=O)c2cc(S)ccc2Br)CC1. The number of nitrogens with zero attached hydrogens (tertiary/aromatic N) is 1. The monoisotopic (exact) mass is 341 g/mol. The summed E-state index contributed by atoms with van der Waals surface area (Å²) in [6.07, 6.45) is 4.80. The first-order valence-corrected chi connectivity index (χ1v) is 8.13. The van der Waals surface area contributed by atoms with Crippen molar-refractivity contribution >= 4 is 34.5 Å². The Labute approximate surface area is 129 Å². The van der Waals surface area contributed by atoms with Gasteiger partial charge in [0.05, 0.1) is 5.56 Å². The zero-order valence-electron chi connectivity index (χ0n) is 11.2. The average Bonchev–Trinajstić information content (AvgIpc) is 2.42. The Morgan fingerprint density at radius 1 is 1.42 bits per heavy atom. The van der Waals surface area contributed by atoms with Crippen molar-refractivity contribution in [1.82, 2.24) is 4.90 Å². The molecule has 104 valence electrons. The van der Waals surface area contributed by atoms with Crippen molar-refractivity contribution in [1.29, 1.82) is 0 Å². The first-order valence-electron chi connectivity index (χ1n) is 6.89. The molecule has 0 spiro atoms. The zero-order chi connectivity index (χ0) is 13.8. The quantitative estimate of drug-likeness (QED) is 0.808. The Kier molecular flexibility index (Phi) is 5.34. The molecule has 0 aromatic heterocycles. The number of likely N-dealkylation sites (tertiary alicyclic amines) is 1. The molecule has 0 aliphatic carbocycles. The summed E-state index contributed by atoms with van der Waals surface area (Å²) in [6.45, 7) is 3.99. The maximum atomic E-state index is 12.5. The van der Waals surface area contributed by atoms with Gasteiger partial charge in [0.2, 0.25) is 0 Å². The highest BCUT2D eigenvalue weighted by molar-refractivity contribution is 9.10. The molecule has 1 saturated heterocycles. The first kappa shape index (κ1) is 14.9. The van der Waals surface area contributed by atoms with Gasteiger partial charge in [0.1, 0.15) is 0 Å². The second-order valence-electron chi connectivity index (χ2n) is 5.19. The lowest BCUT2D eigenvalue weighted by molar-refractivity contribution is 0.0685. The highest BCUT2D eigenvalue weighted by atomic mass is 79.9. The van der Waals surface area contributed by atoms with E-state index in [1.807, 2.05) is 23.1 Å². The molecule has 1 aliphatic rings. The van der Waals surface area contributed by atoms with Gasteiger partial charge in [-0.05, 0) is 52.9 Å². The van der Waals surface area contributed by atoms with Gasteiger partial charge in [-0.3, -0.25) is 4.79 Å². The molecule has 0 unspecified atom stereocenters. The van der Waals surface area contributed by atoms with Gasteiger partial charge in [-0.15, -0.1) is 12.6 Å². The fourth-order valence-corrected chi connectivity index (χ4v) is 3.30. The van der Waals surface area contributed by atoms with Crippen molar-refractivity contribution in [2.75, 3.05) is 13.1 Å². The van der Waals surface area contributed by atoms with Crippen LogP contribution in [0, 0.1) is 5.92 Å². The molecule has 0 bridgehead atoms. The van der Waals surface area contributed by atoms with Crippen LogP contribution < -0.4 is 0 Å². The molecule has 0 radical (unpaired) electrons. The van der Waals surface area contributed by atoms with E-state index < -0.39 is 0 Å². The minimum Gasteiger partial charge on any atom is -0.339 e. The van der Waals surface area contributed by atoms with Crippen LogP contribution in [0.15, 0.2) is 27.6 Å². The molecular weight excluding hydrogens is 322 g/mol. The summed E-state index contributed by atoms with van der Waals surface area (Å²) in [5.41, 5.74) is 0.724. The van der Waals surface area contributed by atoms with E-state index in [0.29, 0.717) is 0 Å². The topological polar surface area (TPSA) is 20.3 Å². The number of halogens is 1. The maximum Gasteiger partial charge on any atom is 0.255 e.